The van der Waals surface area contributed by atoms with E-state index < -0.39 is 97.5 Å². The van der Waals surface area contributed by atoms with Crippen molar-refractivity contribution in [3.8, 4) is 0 Å². The molecule has 0 aliphatic heterocycles. The van der Waals surface area contributed by atoms with Crippen molar-refractivity contribution >= 4 is 39.5 Å². The maximum Gasteiger partial charge on any atom is 0.472 e. The van der Waals surface area contributed by atoms with Gasteiger partial charge in [0.25, 0.3) is 0 Å². The lowest BCUT2D eigenvalue weighted by Crippen LogP contribution is -2.30. The Bertz CT molecular complexity index is 1840. The van der Waals surface area contributed by atoms with Gasteiger partial charge in [-0.1, -0.05) is 319 Å². The van der Waals surface area contributed by atoms with Crippen LogP contribution in [-0.2, 0) is 65.4 Å². The number of phosphoric ester groups is 2. The first kappa shape index (κ1) is 91.1. The molecule has 0 spiro atoms. The molecule has 0 aliphatic carbocycles. The second-order valence-electron chi connectivity index (χ2n) is 28.4. The number of esters is 4. The first-order chi connectivity index (χ1) is 44.6. The third-order valence-corrected chi connectivity index (χ3v) is 19.3. The molecular formula is C74H144O17P2. The molecular weight excluding hydrogens is 1220 g/mol. The first-order valence-electron chi connectivity index (χ1n) is 38.2. The van der Waals surface area contributed by atoms with E-state index in [1.54, 1.807) is 0 Å². The Labute approximate surface area is 568 Å². The average molecular weight is 1370 g/mol. The van der Waals surface area contributed by atoms with Gasteiger partial charge in [-0.25, -0.2) is 9.13 Å². The normalized spacial score (nSPS) is 14.5. The van der Waals surface area contributed by atoms with E-state index in [1.807, 2.05) is 0 Å². The molecule has 0 amide bonds. The zero-order chi connectivity index (χ0) is 68.9. The molecule has 17 nitrogen and oxygen atoms in total. The summed E-state index contributed by atoms with van der Waals surface area (Å²) in [6.07, 6.45) is 47.3. The van der Waals surface area contributed by atoms with E-state index in [2.05, 4.69) is 55.4 Å². The first-order valence-corrected chi connectivity index (χ1v) is 41.2. The van der Waals surface area contributed by atoms with Gasteiger partial charge in [-0.15, -0.1) is 0 Å². The van der Waals surface area contributed by atoms with E-state index in [-0.39, 0.29) is 25.7 Å². The number of hydrogen-bond donors (Lipinski definition) is 3. The van der Waals surface area contributed by atoms with Crippen LogP contribution in [0.2, 0.25) is 0 Å². The fraction of sp³-hybridized carbons (Fsp3) is 0.946. The summed E-state index contributed by atoms with van der Waals surface area (Å²) in [7, 11) is -9.91. The van der Waals surface area contributed by atoms with E-state index in [4.69, 9.17) is 37.0 Å². The number of aliphatic hydroxyl groups is 1. The zero-order valence-corrected chi connectivity index (χ0v) is 62.7. The lowest BCUT2D eigenvalue weighted by Gasteiger charge is -2.21. The molecule has 19 heteroatoms. The summed E-state index contributed by atoms with van der Waals surface area (Å²) in [5.41, 5.74) is 0. The van der Waals surface area contributed by atoms with Crippen molar-refractivity contribution in [2.45, 2.75) is 388 Å². The van der Waals surface area contributed by atoms with Crippen LogP contribution in [0.4, 0.5) is 0 Å². The number of rotatable bonds is 71. The van der Waals surface area contributed by atoms with Crippen molar-refractivity contribution in [1.82, 2.24) is 0 Å². The van der Waals surface area contributed by atoms with Gasteiger partial charge < -0.3 is 33.8 Å². The number of carbonyl (C=O) groups is 4. The standard InChI is InChI=1S/C74H144O17P2/c1-9-67(8)53-45-37-32-33-41-49-57-74(79)91-70(61-85-72(77)55-47-39-31-25-28-36-44-52-66(6)7)63-89-93(82,83)87-59-68(75)58-86-92(80,81)88-62-69(60-84-71(76)54-46-38-29-23-19-16-12-14-18-22-27-35-43-51-65(4)5)90-73(78)56-48-40-30-24-20-15-11-10-13-17-21-26-34-42-50-64(2)3/h64-70,75H,9-63H2,1-8H3,(H,80,81)(H,82,83)/t67?,68?,69-,70-/m1/s1. The summed E-state index contributed by atoms with van der Waals surface area (Å²) in [5.74, 6) is 0.885. The Kier molecular flexibility index (Phi) is 62.2. The number of hydrogen-bond acceptors (Lipinski definition) is 15. The van der Waals surface area contributed by atoms with E-state index in [1.165, 1.54) is 167 Å². The van der Waals surface area contributed by atoms with Crippen LogP contribution >= 0.6 is 15.6 Å². The summed E-state index contributed by atoms with van der Waals surface area (Å²) < 4.78 is 68.4. The molecule has 6 atom stereocenters. The second-order valence-corrected chi connectivity index (χ2v) is 31.3. The van der Waals surface area contributed by atoms with Gasteiger partial charge in [-0.3, -0.25) is 37.3 Å². The SMILES string of the molecule is CCC(C)CCCCCCCCC(=O)O[C@H](COC(=O)CCCCCCCCCC(C)C)COP(=O)(O)OCC(O)COP(=O)(O)OC[C@@H](COC(=O)CCCCCCCCCCCCCCCC(C)C)OC(=O)CCCCCCCCCCCCCCCCC(C)C. The molecule has 0 fully saturated rings. The largest absolute Gasteiger partial charge is 0.472 e. The average Bonchev–Trinajstić information content (AvgIpc) is 1.67. The van der Waals surface area contributed by atoms with Crippen molar-refractivity contribution < 1.29 is 80.2 Å². The quantitative estimate of drug-likeness (QED) is 0.0222. The van der Waals surface area contributed by atoms with Crippen molar-refractivity contribution in [3.63, 3.8) is 0 Å². The second kappa shape index (κ2) is 63.5. The molecule has 0 bridgehead atoms. The molecule has 0 aromatic carbocycles. The van der Waals surface area contributed by atoms with Crippen molar-refractivity contribution in [2.75, 3.05) is 39.6 Å². The number of unbranched alkanes of at least 4 members (excludes halogenated alkanes) is 36. The molecule has 0 heterocycles. The molecule has 0 saturated heterocycles. The minimum Gasteiger partial charge on any atom is -0.462 e. The maximum atomic E-state index is 13.1. The fourth-order valence-electron chi connectivity index (χ4n) is 11.2. The van der Waals surface area contributed by atoms with Gasteiger partial charge in [0, 0.05) is 25.7 Å². The van der Waals surface area contributed by atoms with Gasteiger partial charge in [-0.05, 0) is 49.4 Å². The predicted octanol–water partition coefficient (Wildman–Crippen LogP) is 21.3. The number of ether oxygens (including phenoxy) is 4. The van der Waals surface area contributed by atoms with Crippen LogP contribution in [0, 0.1) is 23.7 Å². The molecule has 3 N–H and O–H groups in total. The number of aliphatic hydroxyl groups excluding tert-OH is 1. The summed E-state index contributed by atoms with van der Waals surface area (Å²) in [6, 6.07) is 0. The Hall–Kier alpha value is -1.94. The third-order valence-electron chi connectivity index (χ3n) is 17.4. The van der Waals surface area contributed by atoms with Crippen LogP contribution in [0.5, 0.6) is 0 Å². The number of phosphoric acid groups is 2. The molecule has 0 aliphatic rings. The van der Waals surface area contributed by atoms with Gasteiger partial charge in [0.2, 0.25) is 0 Å². The summed E-state index contributed by atoms with van der Waals surface area (Å²) in [6.45, 7) is 14.1. The molecule has 4 unspecified atom stereocenters. The molecule has 0 rings (SSSR count). The summed E-state index contributed by atoms with van der Waals surface area (Å²) in [5, 5.41) is 10.6. The monoisotopic (exact) mass is 1370 g/mol. The van der Waals surface area contributed by atoms with Gasteiger partial charge in [0.15, 0.2) is 12.2 Å². The number of carbonyl (C=O) groups excluding carboxylic acids is 4. The van der Waals surface area contributed by atoms with Crippen LogP contribution in [-0.4, -0.2) is 96.7 Å². The molecule has 552 valence electrons. The van der Waals surface area contributed by atoms with Crippen LogP contribution in [0.1, 0.15) is 370 Å². The smallest absolute Gasteiger partial charge is 0.462 e. The Balaban J connectivity index is 5.24. The highest BCUT2D eigenvalue weighted by molar-refractivity contribution is 7.47. The van der Waals surface area contributed by atoms with Crippen LogP contribution < -0.4 is 0 Å². The Morgan fingerprint density at radius 2 is 0.516 bits per heavy atom. The van der Waals surface area contributed by atoms with Crippen molar-refractivity contribution in [1.29, 1.82) is 0 Å². The van der Waals surface area contributed by atoms with Crippen molar-refractivity contribution in [2.24, 2.45) is 23.7 Å². The van der Waals surface area contributed by atoms with Gasteiger partial charge >= 0.3 is 39.5 Å². The third kappa shape index (κ3) is 67.0. The van der Waals surface area contributed by atoms with Gasteiger partial charge in [0.05, 0.1) is 26.4 Å². The molecule has 93 heavy (non-hydrogen) atoms. The van der Waals surface area contributed by atoms with E-state index in [0.29, 0.717) is 31.6 Å². The Morgan fingerprint density at radius 1 is 0.301 bits per heavy atom. The van der Waals surface area contributed by atoms with E-state index in [9.17, 15) is 43.2 Å². The van der Waals surface area contributed by atoms with Gasteiger partial charge in [0.1, 0.15) is 19.3 Å². The summed E-state index contributed by atoms with van der Waals surface area (Å²) >= 11 is 0. The topological polar surface area (TPSA) is 237 Å². The highest BCUT2D eigenvalue weighted by Gasteiger charge is 2.30. The minimum absolute atomic E-state index is 0.102. The lowest BCUT2D eigenvalue weighted by molar-refractivity contribution is -0.161. The maximum absolute atomic E-state index is 13.1. The van der Waals surface area contributed by atoms with Gasteiger partial charge in [-0.2, -0.15) is 0 Å². The zero-order valence-electron chi connectivity index (χ0n) is 60.9. The molecule has 0 aromatic heterocycles. The van der Waals surface area contributed by atoms with Crippen molar-refractivity contribution in [3.05, 3.63) is 0 Å². The van der Waals surface area contributed by atoms with Crippen LogP contribution in [0.25, 0.3) is 0 Å². The van der Waals surface area contributed by atoms with E-state index >= 15 is 0 Å². The summed E-state index contributed by atoms with van der Waals surface area (Å²) in [4.78, 5) is 72.7. The molecule has 0 radical (unpaired) electrons. The Morgan fingerprint density at radius 3 is 0.763 bits per heavy atom. The molecule has 0 aromatic rings. The minimum atomic E-state index is -4.96. The fourth-order valence-corrected chi connectivity index (χ4v) is 12.7. The molecule has 0 saturated carbocycles. The highest BCUT2D eigenvalue weighted by Crippen LogP contribution is 2.45. The van der Waals surface area contributed by atoms with Crippen LogP contribution in [0.3, 0.4) is 0 Å². The van der Waals surface area contributed by atoms with Crippen LogP contribution in [0.15, 0.2) is 0 Å². The highest BCUT2D eigenvalue weighted by atomic mass is 31.2. The van der Waals surface area contributed by atoms with E-state index in [0.717, 1.165) is 114 Å². The predicted molar refractivity (Wildman–Crippen MR) is 377 cm³/mol. The lowest BCUT2D eigenvalue weighted by atomic mass is 10.00.